The first kappa shape index (κ1) is 14.6. The first-order valence-electron chi connectivity index (χ1n) is 6.72. The Balaban J connectivity index is 1.96. The van der Waals surface area contributed by atoms with Crippen molar-refractivity contribution in [3.8, 4) is 5.75 Å². The number of methoxy groups -OCH3 is 1. The molecule has 0 unspecified atom stereocenters. The summed E-state index contributed by atoms with van der Waals surface area (Å²) < 4.78 is 5.19. The summed E-state index contributed by atoms with van der Waals surface area (Å²) in [7, 11) is 1.53. The molecule has 0 bridgehead atoms. The zero-order chi connectivity index (χ0) is 14.5. The van der Waals surface area contributed by atoms with Gasteiger partial charge in [-0.25, -0.2) is 0 Å². The fourth-order valence-corrected chi connectivity index (χ4v) is 2.14. The SMILES string of the molecule is COc1cc(N)ccc1NC(=O)CN(CCO)C1CC1. The van der Waals surface area contributed by atoms with E-state index in [0.29, 0.717) is 29.7 Å². The fraction of sp³-hybridized carbons (Fsp3) is 0.500. The Labute approximate surface area is 118 Å². The summed E-state index contributed by atoms with van der Waals surface area (Å²) in [6.07, 6.45) is 2.19. The Morgan fingerprint density at radius 2 is 2.30 bits per heavy atom. The number of nitrogens with zero attached hydrogens (tertiary/aromatic N) is 1. The molecule has 0 atom stereocenters. The van der Waals surface area contributed by atoms with E-state index in [1.807, 2.05) is 4.90 Å². The third-order valence-electron chi connectivity index (χ3n) is 3.30. The number of hydrogen-bond donors (Lipinski definition) is 3. The number of ether oxygens (including phenoxy) is 1. The Morgan fingerprint density at radius 1 is 1.55 bits per heavy atom. The summed E-state index contributed by atoms with van der Waals surface area (Å²) in [6.45, 7) is 0.866. The molecule has 0 aromatic heterocycles. The normalized spacial score (nSPS) is 14.3. The lowest BCUT2D eigenvalue weighted by Gasteiger charge is -2.20. The van der Waals surface area contributed by atoms with Gasteiger partial charge >= 0.3 is 0 Å². The van der Waals surface area contributed by atoms with E-state index in [0.717, 1.165) is 12.8 Å². The van der Waals surface area contributed by atoms with Crippen LogP contribution in [0.3, 0.4) is 0 Å². The number of hydrogen-bond acceptors (Lipinski definition) is 5. The summed E-state index contributed by atoms with van der Waals surface area (Å²) in [5, 5.41) is 11.8. The molecule has 6 nitrogen and oxygen atoms in total. The van der Waals surface area contributed by atoms with Gasteiger partial charge in [-0.3, -0.25) is 9.69 Å². The summed E-state index contributed by atoms with van der Waals surface area (Å²) in [5.74, 6) is 0.423. The standard InChI is InChI=1S/C14H21N3O3/c1-20-13-8-10(15)2-5-12(13)16-14(19)9-17(6-7-18)11-3-4-11/h2,5,8,11,18H,3-4,6-7,9,15H2,1H3,(H,16,19). The van der Waals surface area contributed by atoms with Crippen LogP contribution in [-0.2, 0) is 4.79 Å². The van der Waals surface area contributed by atoms with E-state index in [2.05, 4.69) is 5.32 Å². The highest BCUT2D eigenvalue weighted by atomic mass is 16.5. The first-order chi connectivity index (χ1) is 9.63. The third-order valence-corrected chi connectivity index (χ3v) is 3.30. The highest BCUT2D eigenvalue weighted by Gasteiger charge is 2.29. The topological polar surface area (TPSA) is 87.8 Å². The van der Waals surface area contributed by atoms with E-state index in [-0.39, 0.29) is 19.1 Å². The van der Waals surface area contributed by atoms with Crippen molar-refractivity contribution in [2.75, 3.05) is 37.9 Å². The zero-order valence-electron chi connectivity index (χ0n) is 11.6. The second-order valence-corrected chi connectivity index (χ2v) is 4.93. The van der Waals surface area contributed by atoms with Gasteiger partial charge in [0.25, 0.3) is 0 Å². The van der Waals surface area contributed by atoms with Gasteiger partial charge in [-0.15, -0.1) is 0 Å². The molecule has 1 saturated carbocycles. The molecule has 0 spiro atoms. The number of amides is 1. The second-order valence-electron chi connectivity index (χ2n) is 4.93. The van der Waals surface area contributed by atoms with Crippen molar-refractivity contribution in [1.82, 2.24) is 4.90 Å². The number of aliphatic hydroxyl groups is 1. The molecule has 20 heavy (non-hydrogen) atoms. The molecule has 1 amide bonds. The van der Waals surface area contributed by atoms with E-state index in [1.165, 1.54) is 7.11 Å². The van der Waals surface area contributed by atoms with E-state index >= 15 is 0 Å². The summed E-state index contributed by atoms with van der Waals surface area (Å²) >= 11 is 0. The van der Waals surface area contributed by atoms with Crippen LogP contribution >= 0.6 is 0 Å². The van der Waals surface area contributed by atoms with Crippen LogP contribution in [0.5, 0.6) is 5.75 Å². The second kappa shape index (κ2) is 6.58. The van der Waals surface area contributed by atoms with Crippen LogP contribution in [0.15, 0.2) is 18.2 Å². The van der Waals surface area contributed by atoms with Gasteiger partial charge in [-0.2, -0.15) is 0 Å². The number of aliphatic hydroxyl groups excluding tert-OH is 1. The van der Waals surface area contributed by atoms with Crippen LogP contribution in [0.25, 0.3) is 0 Å². The molecule has 1 aromatic carbocycles. The average molecular weight is 279 g/mol. The van der Waals surface area contributed by atoms with Crippen LogP contribution in [0, 0.1) is 0 Å². The van der Waals surface area contributed by atoms with Gasteiger partial charge < -0.3 is 20.9 Å². The Kier molecular flexibility index (Phi) is 4.81. The van der Waals surface area contributed by atoms with E-state index in [9.17, 15) is 4.79 Å². The number of nitrogen functional groups attached to an aromatic ring is 1. The van der Waals surface area contributed by atoms with Gasteiger partial charge in [0.05, 0.1) is 25.9 Å². The maximum Gasteiger partial charge on any atom is 0.238 e. The lowest BCUT2D eigenvalue weighted by molar-refractivity contribution is -0.117. The molecule has 1 fully saturated rings. The molecular weight excluding hydrogens is 258 g/mol. The number of carbonyl (C=O) groups is 1. The Bertz CT molecular complexity index is 475. The quantitative estimate of drug-likeness (QED) is 0.639. The minimum absolute atomic E-state index is 0.0645. The summed E-state index contributed by atoms with van der Waals surface area (Å²) in [6, 6.07) is 5.53. The van der Waals surface area contributed by atoms with Crippen LogP contribution in [0.2, 0.25) is 0 Å². The molecule has 1 aromatic rings. The zero-order valence-corrected chi connectivity index (χ0v) is 11.6. The third kappa shape index (κ3) is 3.85. The van der Waals surface area contributed by atoms with Crippen molar-refractivity contribution in [1.29, 1.82) is 0 Å². The maximum atomic E-state index is 12.1. The van der Waals surface area contributed by atoms with Crippen molar-refractivity contribution in [2.24, 2.45) is 0 Å². The lowest BCUT2D eigenvalue weighted by Crippen LogP contribution is -2.36. The maximum absolute atomic E-state index is 12.1. The molecule has 1 aliphatic rings. The van der Waals surface area contributed by atoms with Crippen molar-refractivity contribution >= 4 is 17.3 Å². The minimum Gasteiger partial charge on any atom is -0.494 e. The highest BCUT2D eigenvalue weighted by Crippen LogP contribution is 2.28. The molecule has 0 radical (unpaired) electrons. The minimum atomic E-state index is -0.117. The van der Waals surface area contributed by atoms with Crippen molar-refractivity contribution < 1.29 is 14.6 Å². The molecule has 0 saturated heterocycles. The number of nitrogens with two attached hydrogens (primary N) is 1. The highest BCUT2D eigenvalue weighted by molar-refractivity contribution is 5.94. The molecule has 110 valence electrons. The fourth-order valence-electron chi connectivity index (χ4n) is 2.14. The van der Waals surface area contributed by atoms with Crippen LogP contribution < -0.4 is 15.8 Å². The number of rotatable bonds is 7. The van der Waals surface area contributed by atoms with Gasteiger partial charge in [0, 0.05) is 24.3 Å². The van der Waals surface area contributed by atoms with Crippen LogP contribution in [0.4, 0.5) is 11.4 Å². The van der Waals surface area contributed by atoms with E-state index in [1.54, 1.807) is 18.2 Å². The molecule has 0 heterocycles. The summed E-state index contributed by atoms with van der Waals surface area (Å²) in [5.41, 5.74) is 6.86. The number of benzene rings is 1. The molecule has 1 aliphatic carbocycles. The Hall–Kier alpha value is -1.79. The predicted octanol–water partition coefficient (Wildman–Crippen LogP) is 0.673. The van der Waals surface area contributed by atoms with Crippen molar-refractivity contribution in [2.45, 2.75) is 18.9 Å². The monoisotopic (exact) mass is 279 g/mol. The van der Waals surface area contributed by atoms with Crippen LogP contribution in [-0.4, -0.2) is 48.8 Å². The molecule has 0 aliphatic heterocycles. The van der Waals surface area contributed by atoms with Gasteiger partial charge in [-0.1, -0.05) is 0 Å². The van der Waals surface area contributed by atoms with E-state index < -0.39 is 0 Å². The molecule has 2 rings (SSSR count). The van der Waals surface area contributed by atoms with Gasteiger partial charge in [0.15, 0.2) is 0 Å². The molecule has 6 heteroatoms. The molecular formula is C14H21N3O3. The number of carbonyl (C=O) groups excluding carboxylic acids is 1. The van der Waals surface area contributed by atoms with Gasteiger partial charge in [0.1, 0.15) is 5.75 Å². The number of nitrogens with one attached hydrogen (secondary N) is 1. The van der Waals surface area contributed by atoms with Crippen LogP contribution in [0.1, 0.15) is 12.8 Å². The Morgan fingerprint density at radius 3 is 2.90 bits per heavy atom. The van der Waals surface area contributed by atoms with Crippen molar-refractivity contribution in [3.05, 3.63) is 18.2 Å². The largest absolute Gasteiger partial charge is 0.494 e. The van der Waals surface area contributed by atoms with Crippen molar-refractivity contribution in [3.63, 3.8) is 0 Å². The lowest BCUT2D eigenvalue weighted by atomic mass is 10.2. The summed E-state index contributed by atoms with van der Waals surface area (Å²) in [4.78, 5) is 14.1. The first-order valence-corrected chi connectivity index (χ1v) is 6.72. The predicted molar refractivity (Wildman–Crippen MR) is 77.7 cm³/mol. The smallest absolute Gasteiger partial charge is 0.238 e. The van der Waals surface area contributed by atoms with E-state index in [4.69, 9.17) is 15.6 Å². The van der Waals surface area contributed by atoms with Gasteiger partial charge in [-0.05, 0) is 25.0 Å². The van der Waals surface area contributed by atoms with Gasteiger partial charge in [0.2, 0.25) is 5.91 Å². The molecule has 4 N–H and O–H groups in total. The average Bonchev–Trinajstić information content (AvgIpc) is 3.24. The number of anilines is 2.